The van der Waals surface area contributed by atoms with Gasteiger partial charge in [0.05, 0.1) is 0 Å². The second-order valence-corrected chi connectivity index (χ2v) is 6.47. The molecular weight excluding hydrogens is 316 g/mol. The van der Waals surface area contributed by atoms with Gasteiger partial charge in [0.15, 0.2) is 0 Å². The number of carbonyl (C=O) groups excluding carboxylic acids is 1. The third-order valence-electron chi connectivity index (χ3n) is 3.92. The minimum absolute atomic E-state index is 0.0218. The molecule has 0 aliphatic carbocycles. The highest BCUT2D eigenvalue weighted by molar-refractivity contribution is 5.82. The first-order valence-electron chi connectivity index (χ1n) is 8.26. The molecule has 1 fully saturated rings. The minimum atomic E-state index is -2.82. The molecule has 7 heteroatoms. The molecule has 0 saturated carbocycles. The summed E-state index contributed by atoms with van der Waals surface area (Å²) < 4.78 is 28.5. The highest BCUT2D eigenvalue weighted by Crippen LogP contribution is 2.15. The van der Waals surface area contributed by atoms with Gasteiger partial charge in [-0.25, -0.2) is 5.43 Å². The van der Waals surface area contributed by atoms with Gasteiger partial charge < -0.3 is 10.1 Å². The normalized spacial score (nSPS) is 20.6. The van der Waals surface area contributed by atoms with Crippen LogP contribution in [0.25, 0.3) is 0 Å². The van der Waals surface area contributed by atoms with Crippen molar-refractivity contribution >= 4 is 5.91 Å². The number of carbonyl (C=O) groups is 1. The van der Waals surface area contributed by atoms with Crippen molar-refractivity contribution in [1.29, 1.82) is 0 Å². The van der Waals surface area contributed by atoms with Crippen LogP contribution in [0.4, 0.5) is 8.78 Å². The van der Waals surface area contributed by atoms with Crippen LogP contribution in [0.2, 0.25) is 0 Å². The zero-order chi connectivity index (χ0) is 17.5. The van der Waals surface area contributed by atoms with Gasteiger partial charge in [0.2, 0.25) is 5.91 Å². The molecule has 3 N–H and O–H groups in total. The molecule has 1 aromatic rings. The van der Waals surface area contributed by atoms with Crippen molar-refractivity contribution in [3.05, 3.63) is 29.8 Å². The van der Waals surface area contributed by atoms with Crippen LogP contribution in [-0.4, -0.2) is 31.1 Å². The molecule has 1 aliphatic rings. The molecular formula is C17H25F2N3O2. The van der Waals surface area contributed by atoms with Crippen LogP contribution in [0.1, 0.15) is 32.3 Å². The fourth-order valence-corrected chi connectivity index (χ4v) is 2.81. The molecule has 1 amide bonds. The molecule has 1 heterocycles. The van der Waals surface area contributed by atoms with Crippen LogP contribution in [0.5, 0.6) is 5.75 Å². The number of hydrogen-bond donors (Lipinski definition) is 3. The van der Waals surface area contributed by atoms with E-state index in [1.54, 1.807) is 12.1 Å². The van der Waals surface area contributed by atoms with Gasteiger partial charge in [-0.1, -0.05) is 26.0 Å². The lowest BCUT2D eigenvalue weighted by Gasteiger charge is -2.12. The van der Waals surface area contributed by atoms with E-state index >= 15 is 0 Å². The lowest BCUT2D eigenvalue weighted by Crippen LogP contribution is -2.44. The van der Waals surface area contributed by atoms with Crippen molar-refractivity contribution in [2.45, 2.75) is 51.8 Å². The number of hydrogen-bond acceptors (Lipinski definition) is 4. The van der Waals surface area contributed by atoms with Crippen molar-refractivity contribution in [3.8, 4) is 5.75 Å². The Bertz CT molecular complexity index is 523. The summed E-state index contributed by atoms with van der Waals surface area (Å²) in [6.45, 7) is 2.00. The molecule has 0 radical (unpaired) electrons. The molecule has 0 bridgehead atoms. The number of alkyl halides is 2. The molecule has 1 aromatic carbocycles. The predicted molar refractivity (Wildman–Crippen MR) is 87.7 cm³/mol. The van der Waals surface area contributed by atoms with Crippen LogP contribution in [0, 0.1) is 5.92 Å². The lowest BCUT2D eigenvalue weighted by atomic mass is 10.00. The van der Waals surface area contributed by atoms with Crippen molar-refractivity contribution in [1.82, 2.24) is 16.2 Å². The van der Waals surface area contributed by atoms with Crippen molar-refractivity contribution in [3.63, 3.8) is 0 Å². The summed E-state index contributed by atoms with van der Waals surface area (Å²) in [4.78, 5) is 12.1. The van der Waals surface area contributed by atoms with E-state index < -0.39 is 6.61 Å². The van der Waals surface area contributed by atoms with E-state index in [4.69, 9.17) is 0 Å². The fraction of sp³-hybridized carbons (Fsp3) is 0.588. The Hall–Kier alpha value is -1.73. The van der Waals surface area contributed by atoms with E-state index in [-0.39, 0.29) is 17.7 Å². The first-order valence-corrected chi connectivity index (χ1v) is 8.26. The van der Waals surface area contributed by atoms with E-state index in [0.717, 1.165) is 18.4 Å². The fourth-order valence-electron chi connectivity index (χ4n) is 2.81. The van der Waals surface area contributed by atoms with Crippen molar-refractivity contribution < 1.29 is 18.3 Å². The Balaban J connectivity index is 1.69. The first kappa shape index (κ1) is 18.6. The van der Waals surface area contributed by atoms with Gasteiger partial charge in [-0.3, -0.25) is 10.2 Å². The molecule has 134 valence electrons. The Kier molecular flexibility index (Phi) is 6.93. The Morgan fingerprint density at radius 1 is 1.29 bits per heavy atom. The standard InChI is InChI=1S/C17H25F2N3O2/c1-11(2)9-13-10-15(22-21-13)16(23)20-8-7-12-3-5-14(6-4-12)24-17(18)19/h3-6,11,13,15,17,21-22H,7-10H2,1-2H3,(H,20,23). The Morgan fingerprint density at radius 2 is 2.00 bits per heavy atom. The third-order valence-corrected chi connectivity index (χ3v) is 3.92. The monoisotopic (exact) mass is 341 g/mol. The zero-order valence-electron chi connectivity index (χ0n) is 14.0. The number of benzene rings is 1. The molecule has 1 saturated heterocycles. The van der Waals surface area contributed by atoms with Gasteiger partial charge in [0.1, 0.15) is 11.8 Å². The molecule has 1 aliphatic heterocycles. The summed E-state index contributed by atoms with van der Waals surface area (Å²) in [5, 5.41) is 2.90. The SMILES string of the molecule is CC(C)CC1CC(C(=O)NCCc2ccc(OC(F)F)cc2)NN1. The maximum atomic E-state index is 12.1. The summed E-state index contributed by atoms with van der Waals surface area (Å²) >= 11 is 0. The minimum Gasteiger partial charge on any atom is -0.435 e. The average molecular weight is 341 g/mol. The predicted octanol–water partition coefficient (Wildman–Crippen LogP) is 2.23. The summed E-state index contributed by atoms with van der Waals surface area (Å²) in [6.07, 6.45) is 2.45. The highest BCUT2D eigenvalue weighted by atomic mass is 19.3. The molecule has 5 nitrogen and oxygen atoms in total. The smallest absolute Gasteiger partial charge is 0.387 e. The molecule has 0 spiro atoms. The number of rotatable bonds is 8. The number of halogens is 2. The number of ether oxygens (including phenoxy) is 1. The van der Waals surface area contributed by atoms with Crippen molar-refractivity contribution in [2.24, 2.45) is 5.92 Å². The van der Waals surface area contributed by atoms with Gasteiger partial charge >= 0.3 is 6.61 Å². The highest BCUT2D eigenvalue weighted by Gasteiger charge is 2.29. The van der Waals surface area contributed by atoms with E-state index in [0.29, 0.717) is 24.9 Å². The maximum absolute atomic E-state index is 12.1. The lowest BCUT2D eigenvalue weighted by molar-refractivity contribution is -0.122. The second-order valence-electron chi connectivity index (χ2n) is 6.47. The summed E-state index contributed by atoms with van der Waals surface area (Å²) in [5.74, 6) is 0.699. The molecule has 2 atom stereocenters. The van der Waals surface area contributed by atoms with Gasteiger partial charge in [0.25, 0.3) is 0 Å². The summed E-state index contributed by atoms with van der Waals surface area (Å²) in [6, 6.07) is 6.55. The molecule has 2 rings (SSSR count). The summed E-state index contributed by atoms with van der Waals surface area (Å²) in [5.41, 5.74) is 7.15. The second kappa shape index (κ2) is 8.94. The number of hydrazine groups is 1. The van der Waals surface area contributed by atoms with Crippen LogP contribution >= 0.6 is 0 Å². The van der Waals surface area contributed by atoms with Gasteiger partial charge in [0, 0.05) is 12.6 Å². The van der Waals surface area contributed by atoms with E-state index in [1.807, 2.05) is 0 Å². The zero-order valence-corrected chi connectivity index (χ0v) is 14.0. The molecule has 24 heavy (non-hydrogen) atoms. The van der Waals surface area contributed by atoms with Crippen LogP contribution < -0.4 is 20.9 Å². The third kappa shape index (κ3) is 6.05. The van der Waals surface area contributed by atoms with Gasteiger partial charge in [-0.15, -0.1) is 0 Å². The molecule has 2 unspecified atom stereocenters. The quantitative estimate of drug-likeness (QED) is 0.679. The Labute approximate surface area is 141 Å². The largest absolute Gasteiger partial charge is 0.435 e. The molecule has 0 aromatic heterocycles. The maximum Gasteiger partial charge on any atom is 0.387 e. The van der Waals surface area contributed by atoms with Gasteiger partial charge in [-0.05, 0) is 42.9 Å². The first-order chi connectivity index (χ1) is 11.4. The van der Waals surface area contributed by atoms with Crippen LogP contribution in [0.3, 0.4) is 0 Å². The summed E-state index contributed by atoms with van der Waals surface area (Å²) in [7, 11) is 0. The van der Waals surface area contributed by atoms with Crippen LogP contribution in [-0.2, 0) is 11.2 Å². The van der Waals surface area contributed by atoms with Crippen LogP contribution in [0.15, 0.2) is 24.3 Å². The number of amides is 1. The van der Waals surface area contributed by atoms with Crippen molar-refractivity contribution in [2.75, 3.05) is 6.54 Å². The Morgan fingerprint density at radius 3 is 2.62 bits per heavy atom. The van der Waals surface area contributed by atoms with E-state index in [1.165, 1.54) is 12.1 Å². The number of nitrogens with one attached hydrogen (secondary N) is 3. The van der Waals surface area contributed by atoms with Gasteiger partial charge in [-0.2, -0.15) is 8.78 Å². The van der Waals surface area contributed by atoms with E-state index in [9.17, 15) is 13.6 Å². The average Bonchev–Trinajstić information content (AvgIpc) is 2.96. The van der Waals surface area contributed by atoms with E-state index in [2.05, 4.69) is 34.8 Å². The topological polar surface area (TPSA) is 62.4 Å².